The Hall–Kier alpha value is -8.66. The van der Waals surface area contributed by atoms with Crippen molar-refractivity contribution in [1.82, 2.24) is 8.80 Å². The van der Waals surface area contributed by atoms with Crippen LogP contribution < -0.4 is 4.90 Å². The average Bonchev–Trinajstić information content (AvgIpc) is 4.10. The summed E-state index contributed by atoms with van der Waals surface area (Å²) in [5.41, 5.74) is 20.0. The number of nitrogens with zero attached hydrogens (tertiary/aromatic N) is 3. The van der Waals surface area contributed by atoms with Crippen molar-refractivity contribution in [2.45, 2.75) is 20.8 Å². The zero-order chi connectivity index (χ0) is 44.9. The Morgan fingerprint density at radius 3 is 1.65 bits per heavy atom. The standard InChI is InChI=1S/C65H43N3/c1-38-33-39(2)58(40(3)34-38)62-47-30-29-42(35-43(47)37-56-60(62)52-26-16-25-50-49-23-12-14-27-54(49)67(56)63(50)52)46-31-32-53-61-57(68-55-28-15-13-24-51(55)59(46)65(53)68)36-41-17-10-11-22-48(41)64(61)66(44-18-6-4-7-19-44)45-20-8-5-9-21-45/h4-37H,1-3H3. The predicted octanol–water partition coefficient (Wildman–Crippen LogP) is 18.0. The van der Waals surface area contributed by atoms with E-state index in [9.17, 15) is 0 Å². The third-order valence-corrected chi connectivity index (χ3v) is 15.1. The lowest BCUT2D eigenvalue weighted by Crippen LogP contribution is -2.10. The van der Waals surface area contributed by atoms with Gasteiger partial charge in [0.15, 0.2) is 0 Å². The number of anilines is 3. The van der Waals surface area contributed by atoms with Gasteiger partial charge in [-0.15, -0.1) is 0 Å². The molecule has 0 bridgehead atoms. The van der Waals surface area contributed by atoms with E-state index in [4.69, 9.17) is 0 Å². The third kappa shape index (κ3) is 4.92. The van der Waals surface area contributed by atoms with E-state index in [0.29, 0.717) is 0 Å². The Morgan fingerprint density at radius 1 is 0.338 bits per heavy atom. The van der Waals surface area contributed by atoms with E-state index < -0.39 is 0 Å². The first-order valence-electron chi connectivity index (χ1n) is 23.8. The molecule has 15 rings (SSSR count). The van der Waals surface area contributed by atoms with Crippen LogP contribution in [-0.4, -0.2) is 8.80 Å². The van der Waals surface area contributed by atoms with Crippen molar-refractivity contribution in [1.29, 1.82) is 0 Å². The van der Waals surface area contributed by atoms with E-state index >= 15 is 0 Å². The van der Waals surface area contributed by atoms with Crippen molar-refractivity contribution in [3.63, 3.8) is 0 Å². The number of rotatable bonds is 5. The summed E-state index contributed by atoms with van der Waals surface area (Å²) in [5.74, 6) is 0. The second-order valence-electron chi connectivity index (χ2n) is 19.0. The Kier molecular flexibility index (Phi) is 7.56. The van der Waals surface area contributed by atoms with E-state index in [-0.39, 0.29) is 0 Å². The van der Waals surface area contributed by atoms with Crippen molar-refractivity contribution in [3.05, 3.63) is 223 Å². The molecule has 3 heteroatoms. The summed E-state index contributed by atoms with van der Waals surface area (Å²) >= 11 is 0. The van der Waals surface area contributed by atoms with Crippen LogP contribution in [0, 0.1) is 20.8 Å². The number of benzene rings is 11. The molecule has 0 aliphatic carbocycles. The molecule has 3 nitrogen and oxygen atoms in total. The third-order valence-electron chi connectivity index (χ3n) is 15.1. The zero-order valence-corrected chi connectivity index (χ0v) is 38.0. The fraction of sp³-hybridized carbons (Fsp3) is 0.0462. The second-order valence-corrected chi connectivity index (χ2v) is 19.0. The number of hydrogen-bond acceptors (Lipinski definition) is 1. The highest BCUT2D eigenvalue weighted by Gasteiger charge is 2.28. The fourth-order valence-electron chi connectivity index (χ4n) is 12.7. The minimum atomic E-state index is 1.13. The van der Waals surface area contributed by atoms with E-state index in [0.717, 1.165) is 11.4 Å². The molecule has 0 spiro atoms. The summed E-state index contributed by atoms with van der Waals surface area (Å²) in [6, 6.07) is 77.1. The Morgan fingerprint density at radius 2 is 0.897 bits per heavy atom. The second kappa shape index (κ2) is 13.7. The largest absolute Gasteiger partial charge is 0.309 e. The van der Waals surface area contributed by atoms with Crippen LogP contribution in [-0.2, 0) is 0 Å². The predicted molar refractivity (Wildman–Crippen MR) is 291 cm³/mol. The maximum Gasteiger partial charge on any atom is 0.0640 e. The molecule has 0 radical (unpaired) electrons. The van der Waals surface area contributed by atoms with Gasteiger partial charge in [0, 0.05) is 65.4 Å². The lowest BCUT2D eigenvalue weighted by Gasteiger charge is -2.28. The summed E-state index contributed by atoms with van der Waals surface area (Å²) in [6.45, 7) is 6.80. The monoisotopic (exact) mass is 865 g/mol. The van der Waals surface area contributed by atoms with Gasteiger partial charge in [-0.05, 0) is 119 Å². The Balaban J connectivity index is 1.06. The molecule has 0 aliphatic rings. The van der Waals surface area contributed by atoms with Gasteiger partial charge >= 0.3 is 0 Å². The maximum atomic E-state index is 2.55. The molecule has 0 N–H and O–H groups in total. The minimum Gasteiger partial charge on any atom is -0.309 e. The summed E-state index contributed by atoms with van der Waals surface area (Å²) in [5, 5.41) is 15.2. The van der Waals surface area contributed by atoms with Crippen molar-refractivity contribution in [2.75, 3.05) is 4.90 Å². The SMILES string of the molecule is Cc1cc(C)c(-c2c3ccc(-c4ccc5c6c(N(c7ccccc7)c7ccccc7)c7ccccc7cc6n6c7ccccc7c4c56)cc3cc3c2c2cccc4c5ccccc5n3c42)c(C)c1. The molecule has 0 saturated heterocycles. The van der Waals surface area contributed by atoms with Gasteiger partial charge in [0.1, 0.15) is 0 Å². The smallest absolute Gasteiger partial charge is 0.0640 e. The molecule has 0 atom stereocenters. The van der Waals surface area contributed by atoms with Gasteiger partial charge in [-0.3, -0.25) is 0 Å². The van der Waals surface area contributed by atoms with Crippen LogP contribution in [0.2, 0.25) is 0 Å². The summed E-state index contributed by atoms with van der Waals surface area (Å²) < 4.78 is 5.09. The molecule has 15 aromatic rings. The van der Waals surface area contributed by atoms with Gasteiger partial charge in [0.25, 0.3) is 0 Å². The molecule has 0 unspecified atom stereocenters. The first-order valence-corrected chi connectivity index (χ1v) is 23.8. The van der Waals surface area contributed by atoms with E-state index in [2.05, 4.69) is 241 Å². The van der Waals surface area contributed by atoms with E-state index in [1.807, 2.05) is 0 Å². The van der Waals surface area contributed by atoms with Gasteiger partial charge < -0.3 is 13.7 Å². The van der Waals surface area contributed by atoms with Crippen LogP contribution in [0.25, 0.3) is 120 Å². The van der Waals surface area contributed by atoms with E-state index in [1.54, 1.807) is 0 Å². The summed E-state index contributed by atoms with van der Waals surface area (Å²) in [4.78, 5) is 2.46. The topological polar surface area (TPSA) is 12.1 Å². The van der Waals surface area contributed by atoms with Gasteiger partial charge in [-0.25, -0.2) is 0 Å². The van der Waals surface area contributed by atoms with Crippen molar-refractivity contribution in [2.24, 2.45) is 0 Å². The van der Waals surface area contributed by atoms with Crippen molar-refractivity contribution < 1.29 is 0 Å². The molecule has 318 valence electrons. The Bertz CT molecular complexity index is 4510. The first kappa shape index (κ1) is 37.5. The van der Waals surface area contributed by atoms with Gasteiger partial charge in [0.05, 0.1) is 38.8 Å². The van der Waals surface area contributed by atoms with Crippen LogP contribution in [0.3, 0.4) is 0 Å². The molecular formula is C65H43N3. The van der Waals surface area contributed by atoms with E-state index in [1.165, 1.54) is 142 Å². The van der Waals surface area contributed by atoms with Crippen LogP contribution >= 0.6 is 0 Å². The van der Waals surface area contributed by atoms with Gasteiger partial charge in [-0.2, -0.15) is 0 Å². The molecule has 68 heavy (non-hydrogen) atoms. The quantitative estimate of drug-likeness (QED) is 0.168. The summed E-state index contributed by atoms with van der Waals surface area (Å²) in [7, 11) is 0. The molecule has 11 aromatic carbocycles. The molecule has 0 aliphatic heterocycles. The highest BCUT2D eigenvalue weighted by atomic mass is 15.1. The molecule has 4 heterocycles. The highest BCUT2D eigenvalue weighted by Crippen LogP contribution is 2.52. The van der Waals surface area contributed by atoms with Crippen molar-refractivity contribution in [3.8, 4) is 22.3 Å². The Labute approximate surface area is 392 Å². The van der Waals surface area contributed by atoms with Gasteiger partial charge in [-0.1, -0.05) is 157 Å². The average molecular weight is 866 g/mol. The number of para-hydroxylation sites is 5. The molecule has 4 aromatic heterocycles. The van der Waals surface area contributed by atoms with Crippen molar-refractivity contribution >= 4 is 115 Å². The number of aryl methyl sites for hydroxylation is 3. The van der Waals surface area contributed by atoms with Gasteiger partial charge in [0.2, 0.25) is 0 Å². The molecular weight excluding hydrogens is 823 g/mol. The zero-order valence-electron chi connectivity index (χ0n) is 38.0. The number of aromatic nitrogens is 2. The normalized spacial score (nSPS) is 12.3. The van der Waals surface area contributed by atoms with Crippen LogP contribution in [0.4, 0.5) is 17.1 Å². The lowest BCUT2D eigenvalue weighted by molar-refractivity contribution is 1.31. The number of fused-ring (bicyclic) bond motifs is 14. The molecule has 0 fully saturated rings. The van der Waals surface area contributed by atoms with Crippen LogP contribution in [0.5, 0.6) is 0 Å². The fourth-order valence-corrected chi connectivity index (χ4v) is 12.7. The van der Waals surface area contributed by atoms with Crippen LogP contribution in [0.1, 0.15) is 16.7 Å². The lowest BCUT2D eigenvalue weighted by atomic mass is 9.86. The van der Waals surface area contributed by atoms with Crippen LogP contribution in [0.15, 0.2) is 206 Å². The highest BCUT2D eigenvalue weighted by molar-refractivity contribution is 6.33. The first-order chi connectivity index (χ1) is 33.5. The maximum absolute atomic E-state index is 2.55. The minimum absolute atomic E-state index is 1.13. The molecule has 0 saturated carbocycles. The summed E-state index contributed by atoms with van der Waals surface area (Å²) in [6.07, 6.45) is 0. The number of hydrogen-bond donors (Lipinski definition) is 0. The molecule has 0 amide bonds.